The quantitative estimate of drug-likeness (QED) is 0.481. The molecule has 1 nitrogen and oxygen atoms in total. The van der Waals surface area contributed by atoms with Gasteiger partial charge in [-0.25, -0.2) is 24.3 Å². The molecule has 0 bridgehead atoms. The van der Waals surface area contributed by atoms with Crippen molar-refractivity contribution in [3.63, 3.8) is 0 Å². The molecule has 0 fully saturated rings. The maximum atomic E-state index is 6.07. The van der Waals surface area contributed by atoms with Crippen LogP contribution in [-0.4, -0.2) is 0 Å². The van der Waals surface area contributed by atoms with E-state index in [1.54, 1.807) is 0 Å². The van der Waals surface area contributed by atoms with Crippen LogP contribution in [0.2, 0.25) is 5.02 Å². The van der Waals surface area contributed by atoms with Crippen molar-refractivity contribution >= 4 is 17.3 Å². The van der Waals surface area contributed by atoms with Crippen molar-refractivity contribution in [2.75, 3.05) is 5.32 Å². The summed E-state index contributed by atoms with van der Waals surface area (Å²) in [7, 11) is 0. The summed E-state index contributed by atoms with van der Waals surface area (Å²) in [4.78, 5) is 0. The molecule has 0 saturated carbocycles. The van der Waals surface area contributed by atoms with E-state index < -0.39 is 0 Å². The van der Waals surface area contributed by atoms with E-state index in [4.69, 9.17) is 11.6 Å². The van der Waals surface area contributed by atoms with E-state index in [9.17, 15) is 0 Å². The van der Waals surface area contributed by atoms with E-state index in [-0.39, 0.29) is 23.1 Å². The molecule has 3 heteroatoms. The van der Waals surface area contributed by atoms with Crippen LogP contribution >= 0.6 is 11.6 Å². The Morgan fingerprint density at radius 2 is 1.62 bits per heavy atom. The molecule has 0 saturated heterocycles. The fraction of sp³-hybridized carbons (Fsp3) is 0.111. The molecule has 0 aromatic heterocycles. The zero-order chi connectivity index (χ0) is 14.2. The normalized spacial score (nSPS) is 10.8. The second-order valence-electron chi connectivity index (χ2n) is 4.53. The second-order valence-corrected chi connectivity index (χ2v) is 4.93. The van der Waals surface area contributed by atoms with Crippen molar-refractivity contribution in [3.8, 4) is 0 Å². The van der Waals surface area contributed by atoms with Crippen LogP contribution in [0.4, 0.5) is 5.69 Å². The maximum Gasteiger partial charge on any atom is 6.00 e. The molecule has 3 aromatic rings. The van der Waals surface area contributed by atoms with Crippen LogP contribution in [0.25, 0.3) is 0 Å². The average molecular weight is 340 g/mol. The maximum absolute atomic E-state index is 6.07. The Kier molecular flexibility index (Phi) is 7.92. The van der Waals surface area contributed by atoms with Crippen LogP contribution in [-0.2, 0) is 17.1 Å². The Hall–Kier alpha value is -1.47. The third kappa shape index (κ3) is 5.81. The summed E-state index contributed by atoms with van der Waals surface area (Å²) < 4.78 is 0. The fourth-order valence-electron chi connectivity index (χ4n) is 1.89. The number of anilines is 1. The van der Waals surface area contributed by atoms with Gasteiger partial charge in [0.05, 0.1) is 10.7 Å². The first-order chi connectivity index (χ1) is 9.77. The van der Waals surface area contributed by atoms with Crippen molar-refractivity contribution in [2.24, 2.45) is 0 Å². The summed E-state index contributed by atoms with van der Waals surface area (Å²) in [5, 5.41) is 4.14. The summed E-state index contributed by atoms with van der Waals surface area (Å²) in [5.74, 6) is 0. The first-order valence-electron chi connectivity index (χ1n) is 6.67. The smallest absolute Gasteiger partial charge is 0.388 e. The average Bonchev–Trinajstić information content (AvgIpc) is 3.17. The first kappa shape index (κ1) is 17.6. The largest absolute Gasteiger partial charge is 6.00 e. The van der Waals surface area contributed by atoms with Crippen LogP contribution in [0, 0.1) is 0 Å². The van der Waals surface area contributed by atoms with Crippen molar-refractivity contribution in [1.82, 2.24) is 0 Å². The van der Waals surface area contributed by atoms with Crippen LogP contribution in [0.3, 0.4) is 0 Å². The summed E-state index contributed by atoms with van der Waals surface area (Å²) in [6.07, 6.45) is 0. The molecule has 0 aliphatic carbocycles. The number of hydrogen-bond acceptors (Lipinski definition) is 1. The second kappa shape index (κ2) is 9.46. The molecular formula is C18H18ClFeN+4. The summed E-state index contributed by atoms with van der Waals surface area (Å²) >= 11 is 6.07. The van der Waals surface area contributed by atoms with E-state index in [0.717, 1.165) is 10.7 Å². The van der Waals surface area contributed by atoms with Gasteiger partial charge in [-0.2, -0.15) is 30.3 Å². The van der Waals surface area contributed by atoms with Gasteiger partial charge in [-0.3, -0.25) is 0 Å². The number of hydrogen-bond donors (Lipinski definition) is 1. The standard InChI is InChI=1S/C13H13ClN.C5H5.Fe/c1-10(11-6-2-3-7-11)15-13-9-5-4-8-12(13)14;1-2-4-5-3-1;/h2-10,15H,1H3;1-5H;/q2*-1;+6. The predicted molar refractivity (Wildman–Crippen MR) is 87.6 cm³/mol. The minimum atomic E-state index is 0. The zero-order valence-electron chi connectivity index (χ0n) is 11.8. The van der Waals surface area contributed by atoms with Crippen molar-refractivity contribution < 1.29 is 17.1 Å². The Balaban J connectivity index is 0.000000313. The molecule has 106 valence electrons. The van der Waals surface area contributed by atoms with Gasteiger partial charge < -0.3 is 5.32 Å². The molecule has 0 aliphatic rings. The number of nitrogens with one attached hydrogen (secondary N) is 1. The van der Waals surface area contributed by atoms with E-state index in [1.807, 2.05) is 66.7 Å². The van der Waals surface area contributed by atoms with Gasteiger partial charge in [-0.1, -0.05) is 30.7 Å². The molecule has 3 rings (SSSR count). The van der Waals surface area contributed by atoms with E-state index in [1.165, 1.54) is 5.56 Å². The molecule has 1 unspecified atom stereocenters. The molecule has 0 amide bonds. The van der Waals surface area contributed by atoms with E-state index >= 15 is 0 Å². The van der Waals surface area contributed by atoms with Crippen LogP contribution < -0.4 is 5.32 Å². The number of benzene rings is 1. The summed E-state index contributed by atoms with van der Waals surface area (Å²) in [5.41, 5.74) is 2.25. The molecule has 0 spiro atoms. The van der Waals surface area contributed by atoms with E-state index in [0.29, 0.717) is 0 Å². The monoisotopic (exact) mass is 339 g/mol. The summed E-state index contributed by atoms with van der Waals surface area (Å²) in [6, 6.07) is 26.4. The Bertz CT molecular complexity index is 570. The van der Waals surface area contributed by atoms with Crippen molar-refractivity contribution in [1.29, 1.82) is 0 Å². The zero-order valence-corrected chi connectivity index (χ0v) is 13.7. The van der Waals surface area contributed by atoms with Gasteiger partial charge in [0.15, 0.2) is 0 Å². The van der Waals surface area contributed by atoms with Crippen molar-refractivity contribution in [2.45, 2.75) is 13.0 Å². The number of rotatable bonds is 3. The van der Waals surface area contributed by atoms with Gasteiger partial charge in [0.1, 0.15) is 0 Å². The number of para-hydroxylation sites is 1. The molecule has 0 aliphatic heterocycles. The first-order valence-corrected chi connectivity index (χ1v) is 7.04. The topological polar surface area (TPSA) is 12.0 Å². The Labute approximate surface area is 142 Å². The molecular weight excluding hydrogens is 322 g/mol. The number of halogens is 1. The van der Waals surface area contributed by atoms with Crippen LogP contribution in [0.15, 0.2) is 78.9 Å². The third-order valence-corrected chi connectivity index (χ3v) is 3.32. The Morgan fingerprint density at radius 3 is 2.14 bits per heavy atom. The van der Waals surface area contributed by atoms with Crippen LogP contribution in [0.1, 0.15) is 18.5 Å². The molecule has 21 heavy (non-hydrogen) atoms. The molecule has 1 N–H and O–H groups in total. The van der Waals surface area contributed by atoms with Crippen LogP contribution in [0.5, 0.6) is 0 Å². The van der Waals surface area contributed by atoms with Crippen molar-refractivity contribution in [3.05, 3.63) is 89.4 Å². The van der Waals surface area contributed by atoms with Gasteiger partial charge in [0, 0.05) is 6.04 Å². The molecule has 0 radical (unpaired) electrons. The van der Waals surface area contributed by atoms with Gasteiger partial charge in [0.25, 0.3) is 0 Å². The minimum Gasteiger partial charge on any atom is -0.388 e. The predicted octanol–water partition coefficient (Wildman–Crippen LogP) is 5.64. The van der Waals surface area contributed by atoms with E-state index in [2.05, 4.69) is 24.4 Å². The minimum absolute atomic E-state index is 0. The third-order valence-electron chi connectivity index (χ3n) is 2.99. The SMILES string of the molecule is CC(Nc1ccccc1Cl)[c-]1cccc1.[Fe+6].c1cc[cH-]c1. The summed E-state index contributed by atoms with van der Waals surface area (Å²) in [6.45, 7) is 2.12. The molecule has 0 heterocycles. The van der Waals surface area contributed by atoms with Gasteiger partial charge in [-0.05, 0) is 12.1 Å². The molecule has 1 atom stereocenters. The van der Waals surface area contributed by atoms with Gasteiger partial charge in [0.2, 0.25) is 0 Å². The van der Waals surface area contributed by atoms with Gasteiger partial charge >= 0.3 is 17.1 Å². The van der Waals surface area contributed by atoms with Gasteiger partial charge in [-0.15, -0.1) is 5.56 Å². The Morgan fingerprint density at radius 1 is 1.00 bits per heavy atom. The molecule has 3 aromatic carbocycles. The fourth-order valence-corrected chi connectivity index (χ4v) is 2.08.